The van der Waals surface area contributed by atoms with E-state index in [9.17, 15) is 14.7 Å². The highest BCUT2D eigenvalue weighted by Crippen LogP contribution is 2.39. The standard InChI is InChI=1S/C21H20N2O3/c1-11-8-12(2)22-9-17(11)15-6-7-16-19(13(15)3)23(14-4-5-14)10-18(20(16)24)21(25)26/h6-10,14H,4-5H2,1-3H3,(H,25,26). The van der Waals surface area contributed by atoms with E-state index in [1.807, 2.05) is 36.7 Å². The number of aromatic carboxylic acids is 1. The number of rotatable bonds is 3. The van der Waals surface area contributed by atoms with Crippen LogP contribution in [0.15, 0.2) is 35.4 Å². The van der Waals surface area contributed by atoms with Gasteiger partial charge in [-0.2, -0.15) is 0 Å². The van der Waals surface area contributed by atoms with E-state index in [1.165, 1.54) is 6.20 Å². The maximum atomic E-state index is 12.7. The Labute approximate surface area is 150 Å². The van der Waals surface area contributed by atoms with Crippen molar-refractivity contribution in [2.24, 2.45) is 0 Å². The number of pyridine rings is 2. The number of fused-ring (bicyclic) bond motifs is 1. The van der Waals surface area contributed by atoms with Gasteiger partial charge in [0.2, 0.25) is 5.43 Å². The molecule has 1 N–H and O–H groups in total. The summed E-state index contributed by atoms with van der Waals surface area (Å²) in [6.45, 7) is 6.01. The first-order valence-electron chi connectivity index (χ1n) is 8.74. The lowest BCUT2D eigenvalue weighted by Gasteiger charge is -2.17. The number of aryl methyl sites for hydroxylation is 3. The second kappa shape index (κ2) is 5.80. The minimum absolute atomic E-state index is 0.162. The average molecular weight is 348 g/mol. The number of hydrogen-bond acceptors (Lipinski definition) is 3. The minimum Gasteiger partial charge on any atom is -0.477 e. The van der Waals surface area contributed by atoms with Gasteiger partial charge in [0.15, 0.2) is 0 Å². The summed E-state index contributed by atoms with van der Waals surface area (Å²) < 4.78 is 1.98. The fourth-order valence-electron chi connectivity index (χ4n) is 3.69. The van der Waals surface area contributed by atoms with Crippen molar-refractivity contribution in [1.82, 2.24) is 9.55 Å². The zero-order valence-electron chi connectivity index (χ0n) is 15.0. The van der Waals surface area contributed by atoms with E-state index in [4.69, 9.17) is 0 Å². The van der Waals surface area contributed by atoms with Gasteiger partial charge in [0.05, 0.1) is 5.52 Å². The Morgan fingerprint density at radius 2 is 1.92 bits per heavy atom. The van der Waals surface area contributed by atoms with Crippen LogP contribution in [-0.2, 0) is 0 Å². The maximum absolute atomic E-state index is 12.7. The summed E-state index contributed by atoms with van der Waals surface area (Å²) in [5, 5.41) is 9.86. The Bertz CT molecular complexity index is 1120. The first-order chi connectivity index (χ1) is 12.4. The number of carbonyl (C=O) groups is 1. The summed E-state index contributed by atoms with van der Waals surface area (Å²) in [7, 11) is 0. The van der Waals surface area contributed by atoms with E-state index in [0.717, 1.165) is 46.3 Å². The number of carboxylic acids is 1. The smallest absolute Gasteiger partial charge is 0.341 e. The Morgan fingerprint density at radius 3 is 2.54 bits per heavy atom. The highest BCUT2D eigenvalue weighted by atomic mass is 16.4. The monoisotopic (exact) mass is 348 g/mol. The first-order valence-corrected chi connectivity index (χ1v) is 8.74. The molecule has 1 aromatic carbocycles. The largest absolute Gasteiger partial charge is 0.477 e. The molecule has 0 aliphatic heterocycles. The van der Waals surface area contributed by atoms with E-state index in [1.54, 1.807) is 6.07 Å². The Kier molecular flexibility index (Phi) is 3.68. The molecule has 3 aromatic rings. The lowest BCUT2D eigenvalue weighted by atomic mass is 9.95. The number of nitrogens with zero attached hydrogens (tertiary/aromatic N) is 2. The lowest BCUT2D eigenvalue weighted by molar-refractivity contribution is 0.0695. The molecule has 1 aliphatic carbocycles. The summed E-state index contributed by atoms with van der Waals surface area (Å²) in [6.07, 6.45) is 5.39. The Hall–Kier alpha value is -2.95. The molecule has 2 heterocycles. The summed E-state index contributed by atoms with van der Waals surface area (Å²) >= 11 is 0. The summed E-state index contributed by atoms with van der Waals surface area (Å²) in [4.78, 5) is 28.6. The zero-order chi connectivity index (χ0) is 18.6. The zero-order valence-corrected chi connectivity index (χ0v) is 15.0. The molecule has 0 unspecified atom stereocenters. The summed E-state index contributed by atoms with van der Waals surface area (Å²) in [5.41, 5.74) is 5.39. The van der Waals surface area contributed by atoms with Crippen LogP contribution < -0.4 is 5.43 Å². The van der Waals surface area contributed by atoms with Crippen molar-refractivity contribution in [3.63, 3.8) is 0 Å². The molecule has 26 heavy (non-hydrogen) atoms. The average Bonchev–Trinajstić information content (AvgIpc) is 3.41. The molecule has 4 rings (SSSR count). The topological polar surface area (TPSA) is 72.2 Å². The predicted molar refractivity (Wildman–Crippen MR) is 101 cm³/mol. The molecule has 0 saturated heterocycles. The van der Waals surface area contributed by atoms with Crippen LogP contribution in [0.25, 0.3) is 22.0 Å². The van der Waals surface area contributed by atoms with Gasteiger partial charge in [-0.25, -0.2) is 4.79 Å². The summed E-state index contributed by atoms with van der Waals surface area (Å²) in [5.74, 6) is -1.17. The molecule has 0 radical (unpaired) electrons. The molecule has 1 aliphatic rings. The molecule has 0 bridgehead atoms. The highest BCUT2D eigenvalue weighted by molar-refractivity contribution is 5.95. The molecule has 0 amide bonds. The number of aromatic nitrogens is 2. The lowest BCUT2D eigenvalue weighted by Crippen LogP contribution is -2.19. The maximum Gasteiger partial charge on any atom is 0.341 e. The van der Waals surface area contributed by atoms with Gasteiger partial charge in [0, 0.05) is 35.1 Å². The van der Waals surface area contributed by atoms with Crippen molar-refractivity contribution in [2.75, 3.05) is 0 Å². The SMILES string of the molecule is Cc1cc(C)c(-c2ccc3c(=O)c(C(=O)O)cn(C4CC4)c3c2C)cn1. The molecule has 1 fully saturated rings. The van der Waals surface area contributed by atoms with E-state index in [0.29, 0.717) is 5.39 Å². The van der Waals surface area contributed by atoms with Crippen LogP contribution >= 0.6 is 0 Å². The second-order valence-electron chi connectivity index (χ2n) is 7.09. The fourth-order valence-corrected chi connectivity index (χ4v) is 3.69. The normalized spacial score (nSPS) is 14.0. The fraction of sp³-hybridized carbons (Fsp3) is 0.286. The van der Waals surface area contributed by atoms with Crippen LogP contribution in [0, 0.1) is 20.8 Å². The van der Waals surface area contributed by atoms with E-state index in [-0.39, 0.29) is 11.6 Å². The Morgan fingerprint density at radius 1 is 1.19 bits per heavy atom. The highest BCUT2D eigenvalue weighted by Gasteiger charge is 2.28. The van der Waals surface area contributed by atoms with Crippen LogP contribution in [0.4, 0.5) is 0 Å². The van der Waals surface area contributed by atoms with Gasteiger partial charge in [-0.3, -0.25) is 9.78 Å². The third-order valence-electron chi connectivity index (χ3n) is 5.15. The third-order valence-corrected chi connectivity index (χ3v) is 5.15. The van der Waals surface area contributed by atoms with Crippen LogP contribution in [0.2, 0.25) is 0 Å². The van der Waals surface area contributed by atoms with Gasteiger partial charge in [-0.05, 0) is 62.4 Å². The van der Waals surface area contributed by atoms with Crippen molar-refractivity contribution < 1.29 is 9.90 Å². The van der Waals surface area contributed by atoms with Crippen molar-refractivity contribution in [3.8, 4) is 11.1 Å². The van der Waals surface area contributed by atoms with Gasteiger partial charge >= 0.3 is 5.97 Å². The molecule has 1 saturated carbocycles. The van der Waals surface area contributed by atoms with Gasteiger partial charge in [-0.1, -0.05) is 6.07 Å². The van der Waals surface area contributed by atoms with Gasteiger partial charge in [0.1, 0.15) is 5.56 Å². The van der Waals surface area contributed by atoms with Gasteiger partial charge in [0.25, 0.3) is 0 Å². The third kappa shape index (κ3) is 2.51. The molecule has 0 spiro atoms. The van der Waals surface area contributed by atoms with E-state index < -0.39 is 11.4 Å². The molecule has 5 heteroatoms. The van der Waals surface area contributed by atoms with Crippen LogP contribution in [0.5, 0.6) is 0 Å². The van der Waals surface area contributed by atoms with Crippen molar-refractivity contribution in [1.29, 1.82) is 0 Å². The molecular formula is C21H20N2O3. The van der Waals surface area contributed by atoms with Crippen molar-refractivity contribution >= 4 is 16.9 Å². The van der Waals surface area contributed by atoms with Gasteiger partial charge < -0.3 is 9.67 Å². The van der Waals surface area contributed by atoms with Crippen LogP contribution in [-0.4, -0.2) is 20.6 Å². The molecule has 5 nitrogen and oxygen atoms in total. The molecule has 0 atom stereocenters. The summed E-state index contributed by atoms with van der Waals surface area (Å²) in [6, 6.07) is 5.97. The van der Waals surface area contributed by atoms with Crippen molar-refractivity contribution in [3.05, 3.63) is 63.2 Å². The molecule has 132 valence electrons. The number of hydrogen-bond donors (Lipinski definition) is 1. The van der Waals surface area contributed by atoms with Gasteiger partial charge in [-0.15, -0.1) is 0 Å². The number of benzene rings is 1. The predicted octanol–water partition coefficient (Wildman–Crippen LogP) is 4.02. The van der Waals surface area contributed by atoms with Crippen molar-refractivity contribution in [2.45, 2.75) is 39.7 Å². The molecule has 2 aromatic heterocycles. The quantitative estimate of drug-likeness (QED) is 0.776. The van der Waals surface area contributed by atoms with E-state index >= 15 is 0 Å². The molecular weight excluding hydrogens is 328 g/mol. The van der Waals surface area contributed by atoms with Crippen LogP contribution in [0.3, 0.4) is 0 Å². The first kappa shape index (κ1) is 16.5. The Balaban J connectivity index is 2.07. The minimum atomic E-state index is -1.17. The second-order valence-corrected chi connectivity index (χ2v) is 7.09. The number of carboxylic acid groups (broad SMARTS) is 1. The van der Waals surface area contributed by atoms with Crippen LogP contribution in [0.1, 0.15) is 46.1 Å². The van der Waals surface area contributed by atoms with E-state index in [2.05, 4.69) is 11.9 Å².